The molecule has 0 fully saturated rings. The van der Waals surface area contributed by atoms with Crippen LogP contribution in [0.4, 0.5) is 0 Å². The van der Waals surface area contributed by atoms with E-state index in [2.05, 4.69) is 0 Å². The van der Waals surface area contributed by atoms with Gasteiger partial charge in [0.25, 0.3) is 0 Å². The monoisotopic (exact) mass is 334 g/mol. The summed E-state index contributed by atoms with van der Waals surface area (Å²) in [6.45, 7) is 3.55. The van der Waals surface area contributed by atoms with Gasteiger partial charge in [-0.1, -0.05) is 48.0 Å². The molecule has 1 N–H and O–H groups in total. The van der Waals surface area contributed by atoms with Gasteiger partial charge in [0.1, 0.15) is 18.5 Å². The number of aryl methyl sites for hydroxylation is 1. The van der Waals surface area contributed by atoms with Crippen LogP contribution in [0.3, 0.4) is 0 Å². The third-order valence-corrected chi connectivity index (χ3v) is 5.89. The van der Waals surface area contributed by atoms with Crippen LogP contribution in [0.25, 0.3) is 0 Å². The number of hydrogen-bond donors (Lipinski definition) is 1. The molecule has 0 aliphatic heterocycles. The molecule has 0 saturated carbocycles. The van der Waals surface area contributed by atoms with Crippen molar-refractivity contribution in [3.8, 4) is 5.75 Å². The van der Waals surface area contributed by atoms with Crippen LogP contribution in [0.1, 0.15) is 23.3 Å². The largest absolute Gasteiger partial charge is 0.491 e. The van der Waals surface area contributed by atoms with Crippen LogP contribution >= 0.6 is 0 Å². The molecule has 124 valence electrons. The molecule has 23 heavy (non-hydrogen) atoms. The molecule has 0 saturated heterocycles. The standard InChI is InChI=1S/C18H22O4S/c1-14-8-10-18(11-9-14)22-12-17(19)13-23(20,21)15(2)16-6-4-3-5-7-16/h3-11,15,17,19H,12-13H2,1-2H3. The van der Waals surface area contributed by atoms with E-state index in [-0.39, 0.29) is 12.4 Å². The summed E-state index contributed by atoms with van der Waals surface area (Å²) in [5.41, 5.74) is 1.83. The van der Waals surface area contributed by atoms with Gasteiger partial charge in [-0.05, 0) is 31.5 Å². The Morgan fingerprint density at radius 1 is 1.04 bits per heavy atom. The predicted molar refractivity (Wildman–Crippen MR) is 91.3 cm³/mol. The lowest BCUT2D eigenvalue weighted by Gasteiger charge is -2.17. The fraction of sp³-hybridized carbons (Fsp3) is 0.333. The second kappa shape index (κ2) is 7.62. The number of sulfone groups is 1. The maximum Gasteiger partial charge on any atom is 0.159 e. The van der Waals surface area contributed by atoms with Gasteiger partial charge in [-0.2, -0.15) is 0 Å². The first-order chi connectivity index (χ1) is 10.9. The molecule has 0 bridgehead atoms. The fourth-order valence-corrected chi connectivity index (χ4v) is 3.71. The van der Waals surface area contributed by atoms with Crippen molar-refractivity contribution in [2.75, 3.05) is 12.4 Å². The molecule has 0 aliphatic rings. The van der Waals surface area contributed by atoms with Gasteiger partial charge in [0.15, 0.2) is 9.84 Å². The van der Waals surface area contributed by atoms with Gasteiger partial charge >= 0.3 is 0 Å². The molecule has 5 heteroatoms. The summed E-state index contributed by atoms with van der Waals surface area (Å²) >= 11 is 0. The average molecular weight is 334 g/mol. The van der Waals surface area contributed by atoms with E-state index in [1.54, 1.807) is 43.3 Å². The van der Waals surface area contributed by atoms with E-state index in [1.807, 2.05) is 25.1 Å². The normalized spacial score (nSPS) is 14.2. The van der Waals surface area contributed by atoms with Crippen LogP contribution < -0.4 is 4.74 Å². The summed E-state index contributed by atoms with van der Waals surface area (Å²) in [7, 11) is -3.45. The first-order valence-electron chi connectivity index (χ1n) is 7.52. The Labute approximate surface area is 137 Å². The number of benzene rings is 2. The summed E-state index contributed by atoms with van der Waals surface area (Å²) in [4.78, 5) is 0. The van der Waals surface area contributed by atoms with Crippen molar-refractivity contribution in [1.29, 1.82) is 0 Å². The van der Waals surface area contributed by atoms with E-state index >= 15 is 0 Å². The topological polar surface area (TPSA) is 63.6 Å². The maximum absolute atomic E-state index is 12.4. The summed E-state index contributed by atoms with van der Waals surface area (Å²) < 4.78 is 30.2. The Bertz CT molecular complexity index is 708. The van der Waals surface area contributed by atoms with Crippen LogP contribution in [0.2, 0.25) is 0 Å². The van der Waals surface area contributed by atoms with E-state index in [0.717, 1.165) is 11.1 Å². The highest BCUT2D eigenvalue weighted by molar-refractivity contribution is 7.91. The molecule has 0 aliphatic carbocycles. The molecule has 2 aromatic rings. The second-order valence-electron chi connectivity index (χ2n) is 5.66. The first kappa shape index (κ1) is 17.5. The zero-order chi connectivity index (χ0) is 16.9. The lowest BCUT2D eigenvalue weighted by Crippen LogP contribution is -2.29. The summed E-state index contributed by atoms with van der Waals surface area (Å²) in [5.74, 6) is 0.290. The summed E-state index contributed by atoms with van der Waals surface area (Å²) in [6.07, 6.45) is -1.06. The molecule has 2 atom stereocenters. The van der Waals surface area contributed by atoms with E-state index in [9.17, 15) is 13.5 Å². The SMILES string of the molecule is Cc1ccc(OCC(O)CS(=O)(=O)C(C)c2ccccc2)cc1. The van der Waals surface area contributed by atoms with Gasteiger partial charge in [0, 0.05) is 0 Å². The van der Waals surface area contributed by atoms with Gasteiger partial charge in [-0.15, -0.1) is 0 Å². The second-order valence-corrected chi connectivity index (χ2v) is 8.03. The molecule has 4 nitrogen and oxygen atoms in total. The van der Waals surface area contributed by atoms with Crippen LogP contribution in [0.5, 0.6) is 5.75 Å². The van der Waals surface area contributed by atoms with Crippen molar-refractivity contribution in [1.82, 2.24) is 0 Å². The lowest BCUT2D eigenvalue weighted by molar-refractivity contribution is 0.124. The van der Waals surface area contributed by atoms with Gasteiger partial charge in [0.05, 0.1) is 11.0 Å². The van der Waals surface area contributed by atoms with Crippen LogP contribution in [-0.4, -0.2) is 32.0 Å². The third-order valence-electron chi connectivity index (χ3n) is 3.70. The lowest BCUT2D eigenvalue weighted by atomic mass is 10.2. The highest BCUT2D eigenvalue weighted by atomic mass is 32.2. The third kappa shape index (κ3) is 5.08. The Balaban J connectivity index is 1.93. The Hall–Kier alpha value is -1.85. The van der Waals surface area contributed by atoms with Crippen molar-refractivity contribution < 1.29 is 18.3 Å². The van der Waals surface area contributed by atoms with Crippen molar-refractivity contribution in [2.24, 2.45) is 0 Å². The van der Waals surface area contributed by atoms with Crippen LogP contribution in [0, 0.1) is 6.92 Å². The molecular weight excluding hydrogens is 312 g/mol. The molecular formula is C18H22O4S. The smallest absolute Gasteiger partial charge is 0.159 e. The number of aliphatic hydroxyl groups excluding tert-OH is 1. The minimum absolute atomic E-state index is 0.0518. The quantitative estimate of drug-likeness (QED) is 0.845. The Morgan fingerprint density at radius 3 is 2.26 bits per heavy atom. The number of aliphatic hydroxyl groups is 1. The predicted octanol–water partition coefficient (Wildman–Crippen LogP) is 2.91. The van der Waals surface area contributed by atoms with Crippen molar-refractivity contribution in [2.45, 2.75) is 25.2 Å². The zero-order valence-corrected chi connectivity index (χ0v) is 14.2. The number of ether oxygens (including phenoxy) is 1. The van der Waals surface area contributed by atoms with E-state index in [4.69, 9.17) is 4.74 Å². The fourth-order valence-electron chi connectivity index (χ4n) is 2.22. The Morgan fingerprint density at radius 2 is 1.65 bits per heavy atom. The first-order valence-corrected chi connectivity index (χ1v) is 9.24. The van der Waals surface area contributed by atoms with Gasteiger partial charge < -0.3 is 9.84 Å². The summed E-state index contributed by atoms with van der Waals surface area (Å²) in [5, 5.41) is 9.34. The minimum Gasteiger partial charge on any atom is -0.491 e. The molecule has 0 heterocycles. The van der Waals surface area contributed by atoms with Crippen LogP contribution in [0.15, 0.2) is 54.6 Å². The molecule has 0 spiro atoms. The molecule has 2 unspecified atom stereocenters. The van der Waals surface area contributed by atoms with E-state index in [1.165, 1.54) is 0 Å². The van der Waals surface area contributed by atoms with Gasteiger partial charge in [-0.3, -0.25) is 0 Å². The number of hydrogen-bond acceptors (Lipinski definition) is 4. The van der Waals surface area contributed by atoms with Crippen LogP contribution in [-0.2, 0) is 9.84 Å². The number of rotatable bonds is 7. The average Bonchev–Trinajstić information content (AvgIpc) is 2.54. The van der Waals surface area contributed by atoms with Crippen molar-refractivity contribution >= 4 is 9.84 Å². The van der Waals surface area contributed by atoms with Gasteiger partial charge in [0.2, 0.25) is 0 Å². The molecule has 0 amide bonds. The molecule has 0 aromatic heterocycles. The minimum atomic E-state index is -3.45. The molecule has 2 rings (SSSR count). The molecule has 0 radical (unpaired) electrons. The highest BCUT2D eigenvalue weighted by Gasteiger charge is 2.26. The van der Waals surface area contributed by atoms with Crippen molar-refractivity contribution in [3.05, 3.63) is 65.7 Å². The van der Waals surface area contributed by atoms with E-state index < -0.39 is 21.2 Å². The van der Waals surface area contributed by atoms with E-state index in [0.29, 0.717) is 5.75 Å². The van der Waals surface area contributed by atoms with Crippen molar-refractivity contribution in [3.63, 3.8) is 0 Å². The summed E-state index contributed by atoms with van der Waals surface area (Å²) in [6, 6.07) is 16.4. The Kier molecular flexibility index (Phi) is 5.80. The molecule has 2 aromatic carbocycles. The highest BCUT2D eigenvalue weighted by Crippen LogP contribution is 2.23. The van der Waals surface area contributed by atoms with Gasteiger partial charge in [-0.25, -0.2) is 8.42 Å². The zero-order valence-electron chi connectivity index (χ0n) is 13.3. The maximum atomic E-state index is 12.4.